The van der Waals surface area contributed by atoms with Gasteiger partial charge in [-0.2, -0.15) is 0 Å². The zero-order valence-corrected chi connectivity index (χ0v) is 16.7. The number of hydrogen-bond donors (Lipinski definition) is 1. The van der Waals surface area contributed by atoms with Crippen molar-refractivity contribution in [2.24, 2.45) is 0 Å². The maximum atomic E-state index is 12.9. The minimum absolute atomic E-state index is 0.143. The Morgan fingerprint density at radius 3 is 2.27 bits per heavy atom. The average molecular weight is 409 g/mol. The first-order valence-electron chi connectivity index (χ1n) is 9.86. The van der Waals surface area contributed by atoms with E-state index in [1.165, 1.54) is 6.92 Å². The van der Waals surface area contributed by atoms with Crippen LogP contribution in [0.2, 0.25) is 0 Å². The molecular formula is C22H23N3O5. The Balaban J connectivity index is 1.37. The largest absolute Gasteiger partial charge is 0.485 e. The van der Waals surface area contributed by atoms with Crippen molar-refractivity contribution >= 4 is 23.4 Å². The summed E-state index contributed by atoms with van der Waals surface area (Å²) in [6.07, 6.45) is -0.692. The summed E-state index contributed by atoms with van der Waals surface area (Å²) in [4.78, 5) is 40.6. The number of hydrogen-bond acceptors (Lipinski definition) is 5. The maximum Gasteiger partial charge on any atom is 0.267 e. The van der Waals surface area contributed by atoms with Crippen LogP contribution >= 0.6 is 0 Å². The Kier molecular flexibility index (Phi) is 5.56. The van der Waals surface area contributed by atoms with Gasteiger partial charge in [0, 0.05) is 33.1 Å². The van der Waals surface area contributed by atoms with E-state index in [1.54, 1.807) is 46.2 Å². The molecule has 1 atom stereocenters. The zero-order valence-electron chi connectivity index (χ0n) is 16.7. The number of para-hydroxylation sites is 3. The number of rotatable bonds is 3. The summed E-state index contributed by atoms with van der Waals surface area (Å²) in [5.74, 6) is 0.648. The molecule has 2 heterocycles. The lowest BCUT2D eigenvalue weighted by Crippen LogP contribution is -2.55. The van der Waals surface area contributed by atoms with Gasteiger partial charge in [0.1, 0.15) is 6.61 Å². The highest BCUT2D eigenvalue weighted by Crippen LogP contribution is 2.31. The van der Waals surface area contributed by atoms with E-state index in [0.29, 0.717) is 48.9 Å². The van der Waals surface area contributed by atoms with E-state index in [2.05, 4.69) is 5.32 Å². The first-order valence-corrected chi connectivity index (χ1v) is 9.86. The van der Waals surface area contributed by atoms with E-state index in [4.69, 9.17) is 9.47 Å². The van der Waals surface area contributed by atoms with E-state index in [-0.39, 0.29) is 24.3 Å². The lowest BCUT2D eigenvalue weighted by molar-refractivity contribution is -0.142. The van der Waals surface area contributed by atoms with Crippen LogP contribution in [-0.4, -0.2) is 66.4 Å². The standard InChI is InChI=1S/C22H23N3O5/c1-15(26)23-17-7-3-2-6-16(17)21(27)24-10-12-25(13-11-24)22(28)20-14-29-18-8-4-5-9-19(18)30-20/h2-9,20H,10-14H2,1H3,(H,23,26)/t20-/m1/s1. The molecule has 8 nitrogen and oxygen atoms in total. The number of piperazine rings is 1. The van der Waals surface area contributed by atoms with Crippen LogP contribution in [0.1, 0.15) is 17.3 Å². The topological polar surface area (TPSA) is 88.2 Å². The molecule has 30 heavy (non-hydrogen) atoms. The van der Waals surface area contributed by atoms with Crippen molar-refractivity contribution in [1.82, 2.24) is 9.80 Å². The molecule has 8 heteroatoms. The first-order chi connectivity index (χ1) is 14.5. The molecule has 2 aliphatic heterocycles. The van der Waals surface area contributed by atoms with Crippen molar-refractivity contribution in [2.45, 2.75) is 13.0 Å². The van der Waals surface area contributed by atoms with Gasteiger partial charge in [0.25, 0.3) is 11.8 Å². The average Bonchev–Trinajstić information content (AvgIpc) is 2.78. The van der Waals surface area contributed by atoms with Gasteiger partial charge in [-0.1, -0.05) is 24.3 Å². The Morgan fingerprint density at radius 2 is 1.53 bits per heavy atom. The predicted molar refractivity (Wildman–Crippen MR) is 110 cm³/mol. The number of carbonyl (C=O) groups excluding carboxylic acids is 3. The van der Waals surface area contributed by atoms with Gasteiger partial charge in [0.05, 0.1) is 11.3 Å². The summed E-state index contributed by atoms with van der Waals surface area (Å²) in [7, 11) is 0. The molecule has 0 bridgehead atoms. The molecule has 4 rings (SSSR count). The first kappa shape index (κ1) is 19.8. The van der Waals surface area contributed by atoms with Crippen LogP contribution in [0.4, 0.5) is 5.69 Å². The molecule has 2 aromatic rings. The molecule has 0 spiro atoms. The lowest BCUT2D eigenvalue weighted by atomic mass is 10.1. The van der Waals surface area contributed by atoms with Gasteiger partial charge in [-0.05, 0) is 24.3 Å². The molecule has 0 aromatic heterocycles. The van der Waals surface area contributed by atoms with E-state index in [9.17, 15) is 14.4 Å². The summed E-state index contributed by atoms with van der Waals surface area (Å²) in [5, 5.41) is 2.69. The van der Waals surface area contributed by atoms with Gasteiger partial charge >= 0.3 is 0 Å². The van der Waals surface area contributed by atoms with E-state index in [1.807, 2.05) is 12.1 Å². The Hall–Kier alpha value is -3.55. The third-order valence-corrected chi connectivity index (χ3v) is 5.13. The molecule has 156 valence electrons. The SMILES string of the molecule is CC(=O)Nc1ccccc1C(=O)N1CCN(C(=O)[C@H]2COc3ccccc3O2)CC1. The third-order valence-electron chi connectivity index (χ3n) is 5.13. The molecule has 0 aliphatic carbocycles. The molecule has 2 aliphatic rings. The fourth-order valence-electron chi connectivity index (χ4n) is 3.61. The van der Waals surface area contributed by atoms with Crippen molar-refractivity contribution in [1.29, 1.82) is 0 Å². The second kappa shape index (κ2) is 8.44. The molecule has 2 aromatic carbocycles. The van der Waals surface area contributed by atoms with Crippen molar-refractivity contribution in [3.8, 4) is 11.5 Å². The second-order valence-corrected chi connectivity index (χ2v) is 7.21. The second-order valence-electron chi connectivity index (χ2n) is 7.21. The number of amides is 3. The van der Waals surface area contributed by atoms with Gasteiger partial charge in [-0.3, -0.25) is 14.4 Å². The fraction of sp³-hybridized carbons (Fsp3) is 0.318. The smallest absolute Gasteiger partial charge is 0.267 e. The van der Waals surface area contributed by atoms with Crippen LogP contribution in [0.5, 0.6) is 11.5 Å². The quantitative estimate of drug-likeness (QED) is 0.835. The number of ether oxygens (including phenoxy) is 2. The number of nitrogens with zero attached hydrogens (tertiary/aromatic N) is 2. The minimum Gasteiger partial charge on any atom is -0.485 e. The van der Waals surface area contributed by atoms with Crippen molar-refractivity contribution < 1.29 is 23.9 Å². The Morgan fingerprint density at radius 1 is 0.900 bits per heavy atom. The lowest BCUT2D eigenvalue weighted by Gasteiger charge is -2.37. The number of carbonyl (C=O) groups is 3. The summed E-state index contributed by atoms with van der Waals surface area (Å²) < 4.78 is 11.4. The highest BCUT2D eigenvalue weighted by molar-refractivity contribution is 6.03. The fourth-order valence-corrected chi connectivity index (χ4v) is 3.61. The summed E-state index contributed by atoms with van der Waals surface area (Å²) in [6, 6.07) is 14.2. The molecule has 0 radical (unpaired) electrons. The molecule has 1 fully saturated rings. The van der Waals surface area contributed by atoms with Gasteiger partial charge < -0.3 is 24.6 Å². The van der Waals surface area contributed by atoms with Gasteiger partial charge in [-0.15, -0.1) is 0 Å². The van der Waals surface area contributed by atoms with E-state index >= 15 is 0 Å². The molecular weight excluding hydrogens is 386 g/mol. The van der Waals surface area contributed by atoms with Crippen LogP contribution in [0.25, 0.3) is 0 Å². The molecule has 3 amide bonds. The Labute approximate surface area is 174 Å². The zero-order chi connectivity index (χ0) is 21.1. The van der Waals surface area contributed by atoms with E-state index in [0.717, 1.165) is 0 Å². The normalized spacial score (nSPS) is 18.0. The number of nitrogens with one attached hydrogen (secondary N) is 1. The molecule has 1 saturated heterocycles. The summed E-state index contributed by atoms with van der Waals surface area (Å²) in [6.45, 7) is 3.20. The van der Waals surface area contributed by atoms with Crippen molar-refractivity contribution in [3.63, 3.8) is 0 Å². The van der Waals surface area contributed by atoms with Gasteiger partial charge in [0.15, 0.2) is 11.5 Å². The third kappa shape index (κ3) is 4.07. The molecule has 0 saturated carbocycles. The van der Waals surface area contributed by atoms with Crippen molar-refractivity contribution in [2.75, 3.05) is 38.1 Å². The molecule has 0 unspecified atom stereocenters. The van der Waals surface area contributed by atoms with Gasteiger partial charge in [-0.25, -0.2) is 0 Å². The van der Waals surface area contributed by atoms with Crippen LogP contribution in [0.3, 0.4) is 0 Å². The van der Waals surface area contributed by atoms with Crippen LogP contribution < -0.4 is 14.8 Å². The van der Waals surface area contributed by atoms with Crippen LogP contribution in [0, 0.1) is 0 Å². The highest BCUT2D eigenvalue weighted by Gasteiger charge is 2.33. The minimum atomic E-state index is -0.692. The number of benzene rings is 2. The number of anilines is 1. The number of fused-ring (bicyclic) bond motifs is 1. The maximum absolute atomic E-state index is 12.9. The van der Waals surface area contributed by atoms with E-state index < -0.39 is 6.10 Å². The van der Waals surface area contributed by atoms with Crippen LogP contribution in [-0.2, 0) is 9.59 Å². The van der Waals surface area contributed by atoms with Crippen LogP contribution in [0.15, 0.2) is 48.5 Å². The summed E-state index contributed by atoms with van der Waals surface area (Å²) in [5.41, 5.74) is 0.924. The molecule has 1 N–H and O–H groups in total. The summed E-state index contributed by atoms with van der Waals surface area (Å²) >= 11 is 0. The monoisotopic (exact) mass is 409 g/mol. The van der Waals surface area contributed by atoms with Crippen molar-refractivity contribution in [3.05, 3.63) is 54.1 Å². The highest BCUT2D eigenvalue weighted by atomic mass is 16.6. The predicted octanol–water partition coefficient (Wildman–Crippen LogP) is 1.77. The Bertz CT molecular complexity index is 969. The van der Waals surface area contributed by atoms with Gasteiger partial charge in [0.2, 0.25) is 12.0 Å².